The standard InChI is InChI=1S/C13H11N3OS3.C6H15N/c1-2-15-10-9(20-13(15)19)11(17)16(12(18)14-10)8-6-4-3-5-7-8;1-4-7(5-2)6-3/h3-7H,2H2,1H3,(H,14,18);4-6H2,1-3H3. The van der Waals surface area contributed by atoms with Gasteiger partial charge in [-0.05, 0) is 63.1 Å². The Kier molecular flexibility index (Phi) is 8.09. The number of nitrogens with zero attached hydrogens (tertiary/aromatic N) is 3. The second-order valence-electron chi connectivity index (χ2n) is 5.82. The van der Waals surface area contributed by atoms with Crippen LogP contribution in [0.2, 0.25) is 0 Å². The fourth-order valence-corrected chi connectivity index (χ4v) is 4.49. The summed E-state index contributed by atoms with van der Waals surface area (Å²) in [4.78, 5) is 18.2. The highest BCUT2D eigenvalue weighted by atomic mass is 32.1. The number of benzene rings is 1. The molecule has 5 nitrogen and oxygen atoms in total. The summed E-state index contributed by atoms with van der Waals surface area (Å²) in [5.74, 6) is 0. The molecule has 1 N–H and O–H groups in total. The number of H-pyrrole nitrogens is 1. The van der Waals surface area contributed by atoms with Gasteiger partial charge in [-0.25, -0.2) is 0 Å². The lowest BCUT2D eigenvalue weighted by molar-refractivity contribution is 0.321. The number of hydrogen-bond donors (Lipinski definition) is 1. The number of nitrogens with one attached hydrogen (secondary N) is 1. The van der Waals surface area contributed by atoms with Gasteiger partial charge in [0, 0.05) is 6.54 Å². The molecule has 0 spiro atoms. The summed E-state index contributed by atoms with van der Waals surface area (Å²) in [6, 6.07) is 9.36. The molecule has 27 heavy (non-hydrogen) atoms. The number of rotatable bonds is 5. The summed E-state index contributed by atoms with van der Waals surface area (Å²) in [6.07, 6.45) is 0. The third-order valence-corrected chi connectivity index (χ3v) is 6.11. The Morgan fingerprint density at radius 1 is 1.04 bits per heavy atom. The Labute approximate surface area is 173 Å². The molecule has 0 amide bonds. The molecule has 2 aromatic heterocycles. The maximum atomic E-state index is 12.7. The Balaban J connectivity index is 0.000000321. The van der Waals surface area contributed by atoms with Crippen molar-refractivity contribution < 1.29 is 0 Å². The van der Waals surface area contributed by atoms with Crippen molar-refractivity contribution in [2.75, 3.05) is 19.6 Å². The maximum absolute atomic E-state index is 12.7. The van der Waals surface area contributed by atoms with Crippen molar-refractivity contribution in [3.05, 3.63) is 49.4 Å². The van der Waals surface area contributed by atoms with Crippen LogP contribution in [-0.4, -0.2) is 38.7 Å². The van der Waals surface area contributed by atoms with E-state index in [1.165, 1.54) is 35.5 Å². The Bertz CT molecular complexity index is 1040. The predicted molar refractivity (Wildman–Crippen MR) is 121 cm³/mol. The van der Waals surface area contributed by atoms with Crippen LogP contribution in [0.1, 0.15) is 27.7 Å². The molecule has 1 aromatic carbocycles. The number of hydrogen-bond acceptors (Lipinski definition) is 5. The van der Waals surface area contributed by atoms with E-state index in [-0.39, 0.29) is 5.56 Å². The molecule has 3 rings (SSSR count). The van der Waals surface area contributed by atoms with E-state index in [0.717, 1.165) is 5.69 Å². The molecular formula is C19H26N4OS3. The molecule has 0 atom stereocenters. The first-order chi connectivity index (χ1) is 13.0. The molecule has 0 saturated carbocycles. The van der Waals surface area contributed by atoms with Crippen LogP contribution < -0.4 is 5.56 Å². The molecule has 0 aliphatic heterocycles. The lowest BCUT2D eigenvalue weighted by atomic mass is 10.3. The molecule has 0 radical (unpaired) electrons. The minimum Gasteiger partial charge on any atom is -0.317 e. The summed E-state index contributed by atoms with van der Waals surface area (Å²) >= 11 is 11.9. The predicted octanol–water partition coefficient (Wildman–Crippen LogP) is 5.01. The minimum absolute atomic E-state index is 0.127. The number of aromatic amines is 1. The van der Waals surface area contributed by atoms with Crippen molar-refractivity contribution in [1.82, 2.24) is 19.0 Å². The molecule has 8 heteroatoms. The van der Waals surface area contributed by atoms with E-state index in [4.69, 9.17) is 24.4 Å². The van der Waals surface area contributed by atoms with Gasteiger partial charge in [0.1, 0.15) is 10.3 Å². The molecular weight excluding hydrogens is 396 g/mol. The van der Waals surface area contributed by atoms with Gasteiger partial charge in [0.15, 0.2) is 8.73 Å². The zero-order valence-corrected chi connectivity index (χ0v) is 18.6. The molecule has 0 aliphatic rings. The van der Waals surface area contributed by atoms with E-state index in [0.29, 0.717) is 25.6 Å². The molecule has 2 heterocycles. The second-order valence-corrected chi connectivity index (χ2v) is 7.85. The first-order valence-corrected chi connectivity index (χ1v) is 10.8. The SMILES string of the molecule is CCN(CC)CC.CCn1c(=S)sc2c(=O)n(-c3ccccc3)c(=S)[nH]c21. The highest BCUT2D eigenvalue weighted by molar-refractivity contribution is 7.73. The van der Waals surface area contributed by atoms with Crippen LogP contribution in [0.4, 0.5) is 0 Å². The Morgan fingerprint density at radius 3 is 2.11 bits per heavy atom. The highest BCUT2D eigenvalue weighted by Gasteiger charge is 2.12. The summed E-state index contributed by atoms with van der Waals surface area (Å²) in [5, 5.41) is 0. The van der Waals surface area contributed by atoms with Gasteiger partial charge in [-0.3, -0.25) is 9.36 Å². The fraction of sp³-hybridized carbons (Fsp3) is 0.421. The lowest BCUT2D eigenvalue weighted by Gasteiger charge is -2.13. The van der Waals surface area contributed by atoms with Gasteiger partial charge in [0.2, 0.25) is 0 Å². The van der Waals surface area contributed by atoms with Crippen molar-refractivity contribution in [2.45, 2.75) is 34.2 Å². The average molecular weight is 423 g/mol. The third kappa shape index (κ3) is 4.82. The Hall–Kier alpha value is -1.61. The van der Waals surface area contributed by atoms with Gasteiger partial charge in [-0.15, -0.1) is 0 Å². The average Bonchev–Trinajstić information content (AvgIpc) is 3.00. The van der Waals surface area contributed by atoms with E-state index in [1.807, 2.05) is 41.8 Å². The summed E-state index contributed by atoms with van der Waals surface area (Å²) in [7, 11) is 0. The van der Waals surface area contributed by atoms with E-state index >= 15 is 0 Å². The van der Waals surface area contributed by atoms with Crippen LogP contribution in [-0.2, 0) is 6.54 Å². The number of aromatic nitrogens is 3. The molecule has 0 bridgehead atoms. The van der Waals surface area contributed by atoms with Gasteiger partial charge >= 0.3 is 0 Å². The summed E-state index contributed by atoms with van der Waals surface area (Å²) < 4.78 is 5.05. The third-order valence-electron chi connectivity index (χ3n) is 4.39. The maximum Gasteiger partial charge on any atom is 0.278 e. The normalized spacial score (nSPS) is 10.9. The van der Waals surface area contributed by atoms with E-state index < -0.39 is 0 Å². The van der Waals surface area contributed by atoms with Gasteiger partial charge in [0.25, 0.3) is 5.56 Å². The smallest absolute Gasteiger partial charge is 0.278 e. The summed E-state index contributed by atoms with van der Waals surface area (Å²) in [5.41, 5.74) is 1.34. The zero-order valence-electron chi connectivity index (χ0n) is 16.2. The van der Waals surface area contributed by atoms with E-state index in [2.05, 4.69) is 30.7 Å². The van der Waals surface area contributed by atoms with Gasteiger partial charge in [-0.2, -0.15) is 0 Å². The van der Waals surface area contributed by atoms with Crippen LogP contribution in [0.5, 0.6) is 0 Å². The van der Waals surface area contributed by atoms with Gasteiger partial charge < -0.3 is 14.5 Å². The van der Waals surface area contributed by atoms with E-state index in [9.17, 15) is 4.79 Å². The van der Waals surface area contributed by atoms with Crippen LogP contribution in [0.3, 0.4) is 0 Å². The van der Waals surface area contributed by atoms with Crippen molar-refractivity contribution in [3.63, 3.8) is 0 Å². The highest BCUT2D eigenvalue weighted by Crippen LogP contribution is 2.19. The lowest BCUT2D eigenvalue weighted by Crippen LogP contribution is -2.21. The molecule has 0 saturated heterocycles. The number of aryl methyl sites for hydroxylation is 1. The molecule has 3 aromatic rings. The minimum atomic E-state index is -0.127. The fourth-order valence-electron chi connectivity index (χ4n) is 2.79. The van der Waals surface area contributed by atoms with Crippen molar-refractivity contribution in [1.29, 1.82) is 0 Å². The van der Waals surface area contributed by atoms with Gasteiger partial charge in [0.05, 0.1) is 5.69 Å². The monoisotopic (exact) mass is 422 g/mol. The second kappa shape index (κ2) is 10.1. The van der Waals surface area contributed by atoms with Gasteiger partial charge in [-0.1, -0.05) is 50.3 Å². The van der Waals surface area contributed by atoms with Crippen LogP contribution in [0.25, 0.3) is 16.0 Å². The number of thiazole rings is 1. The zero-order chi connectivity index (χ0) is 20.0. The molecule has 0 unspecified atom stereocenters. The molecule has 0 fully saturated rings. The number of para-hydroxylation sites is 1. The van der Waals surface area contributed by atoms with Crippen molar-refractivity contribution in [2.24, 2.45) is 0 Å². The van der Waals surface area contributed by atoms with Crippen LogP contribution >= 0.6 is 35.8 Å². The Morgan fingerprint density at radius 2 is 1.63 bits per heavy atom. The quantitative estimate of drug-likeness (QED) is 0.587. The molecule has 0 aliphatic carbocycles. The van der Waals surface area contributed by atoms with Crippen LogP contribution in [0.15, 0.2) is 35.1 Å². The largest absolute Gasteiger partial charge is 0.317 e. The van der Waals surface area contributed by atoms with Crippen molar-refractivity contribution >= 4 is 46.1 Å². The summed E-state index contributed by atoms with van der Waals surface area (Å²) in [6.45, 7) is 12.8. The first kappa shape index (κ1) is 21.7. The van der Waals surface area contributed by atoms with Crippen LogP contribution in [0, 0.1) is 8.73 Å². The first-order valence-electron chi connectivity index (χ1n) is 9.14. The molecule has 146 valence electrons. The van der Waals surface area contributed by atoms with E-state index in [1.54, 1.807) is 0 Å². The number of fused-ring (bicyclic) bond motifs is 1. The van der Waals surface area contributed by atoms with Crippen molar-refractivity contribution in [3.8, 4) is 5.69 Å². The topological polar surface area (TPSA) is 46.0 Å².